The highest BCUT2D eigenvalue weighted by atomic mass is 32.1. The quantitative estimate of drug-likeness (QED) is 0.524. The van der Waals surface area contributed by atoms with Crippen LogP contribution in [0.2, 0.25) is 0 Å². The number of benzene rings is 2. The lowest BCUT2D eigenvalue weighted by Gasteiger charge is -1.97. The first-order chi connectivity index (χ1) is 10.8. The van der Waals surface area contributed by atoms with Gasteiger partial charge in [0.2, 0.25) is 0 Å². The summed E-state index contributed by atoms with van der Waals surface area (Å²) in [4.78, 5) is 5.44. The Labute approximate surface area is 132 Å². The van der Waals surface area contributed by atoms with Crippen LogP contribution in [0, 0.1) is 0 Å². The van der Waals surface area contributed by atoms with Crippen LogP contribution in [-0.2, 0) is 0 Å². The standard InChI is InChI=1S/C11H9N3S.C6H7N/c12-10-9(8-4-2-1-3-5-8)13-11-14(10)6-7-15-11;7-6-4-2-1-3-5-6/h1-7H,12H2;1-5H,7H2. The number of nitrogens with zero attached hydrogens (tertiary/aromatic N) is 2. The zero-order valence-electron chi connectivity index (χ0n) is 11.9. The van der Waals surface area contributed by atoms with Crippen molar-refractivity contribution in [2.45, 2.75) is 0 Å². The van der Waals surface area contributed by atoms with Crippen LogP contribution in [0.15, 0.2) is 72.2 Å². The molecule has 4 aromatic rings. The van der Waals surface area contributed by atoms with Crippen molar-refractivity contribution in [3.63, 3.8) is 0 Å². The number of anilines is 2. The van der Waals surface area contributed by atoms with E-state index in [-0.39, 0.29) is 0 Å². The molecule has 0 aliphatic rings. The molecule has 0 unspecified atom stereocenters. The molecule has 0 radical (unpaired) electrons. The smallest absolute Gasteiger partial charge is 0.195 e. The molecule has 4 rings (SSSR count). The van der Waals surface area contributed by atoms with Crippen molar-refractivity contribution in [2.75, 3.05) is 11.5 Å². The SMILES string of the molecule is Nc1c(-c2ccccc2)nc2sccn12.Nc1ccccc1. The van der Waals surface area contributed by atoms with Crippen molar-refractivity contribution < 1.29 is 0 Å². The van der Waals surface area contributed by atoms with E-state index in [1.165, 1.54) is 0 Å². The molecule has 5 heteroatoms. The van der Waals surface area contributed by atoms with Gasteiger partial charge in [0.15, 0.2) is 4.96 Å². The van der Waals surface area contributed by atoms with Gasteiger partial charge in [0.05, 0.1) is 0 Å². The van der Waals surface area contributed by atoms with Crippen LogP contribution in [0.5, 0.6) is 0 Å². The highest BCUT2D eigenvalue weighted by Gasteiger charge is 2.10. The zero-order valence-corrected chi connectivity index (χ0v) is 12.7. The van der Waals surface area contributed by atoms with Gasteiger partial charge in [-0.1, -0.05) is 48.5 Å². The summed E-state index contributed by atoms with van der Waals surface area (Å²) in [6.45, 7) is 0. The van der Waals surface area contributed by atoms with Gasteiger partial charge in [-0.2, -0.15) is 0 Å². The first kappa shape index (κ1) is 14.2. The molecule has 0 bridgehead atoms. The number of imidazole rings is 1. The van der Waals surface area contributed by atoms with E-state index >= 15 is 0 Å². The Morgan fingerprint density at radius 2 is 1.50 bits per heavy atom. The summed E-state index contributed by atoms with van der Waals surface area (Å²) in [6, 6.07) is 19.5. The topological polar surface area (TPSA) is 69.3 Å². The molecule has 2 heterocycles. The van der Waals surface area contributed by atoms with Crippen LogP contribution in [0.25, 0.3) is 16.2 Å². The second kappa shape index (κ2) is 6.32. The molecule has 0 aliphatic carbocycles. The summed E-state index contributed by atoms with van der Waals surface area (Å²) >= 11 is 1.59. The largest absolute Gasteiger partial charge is 0.399 e. The van der Waals surface area contributed by atoms with Gasteiger partial charge in [0.1, 0.15) is 11.5 Å². The summed E-state index contributed by atoms with van der Waals surface area (Å²) in [6.07, 6.45) is 1.94. The fourth-order valence-corrected chi connectivity index (χ4v) is 2.79. The highest BCUT2D eigenvalue weighted by Crippen LogP contribution is 2.27. The van der Waals surface area contributed by atoms with E-state index in [2.05, 4.69) is 4.98 Å². The van der Waals surface area contributed by atoms with Gasteiger partial charge in [0, 0.05) is 22.8 Å². The van der Waals surface area contributed by atoms with Crippen LogP contribution >= 0.6 is 11.3 Å². The van der Waals surface area contributed by atoms with Gasteiger partial charge >= 0.3 is 0 Å². The van der Waals surface area contributed by atoms with Gasteiger partial charge in [-0.25, -0.2) is 4.98 Å². The number of thiazole rings is 1. The van der Waals surface area contributed by atoms with Gasteiger partial charge in [-0.05, 0) is 12.1 Å². The lowest BCUT2D eigenvalue weighted by molar-refractivity contribution is 1.24. The number of fused-ring (bicyclic) bond motifs is 1. The van der Waals surface area contributed by atoms with E-state index in [1.54, 1.807) is 11.3 Å². The van der Waals surface area contributed by atoms with E-state index in [9.17, 15) is 0 Å². The Bertz CT molecular complexity index is 850. The third-order valence-electron chi connectivity index (χ3n) is 3.15. The van der Waals surface area contributed by atoms with E-state index in [4.69, 9.17) is 11.5 Å². The second-order valence-electron chi connectivity index (χ2n) is 4.68. The third-order valence-corrected chi connectivity index (χ3v) is 3.90. The summed E-state index contributed by atoms with van der Waals surface area (Å²) < 4.78 is 1.91. The molecule has 110 valence electrons. The maximum atomic E-state index is 6.02. The molecule has 4 nitrogen and oxygen atoms in total. The minimum Gasteiger partial charge on any atom is -0.399 e. The normalized spacial score (nSPS) is 10.2. The van der Waals surface area contributed by atoms with E-state index in [0.29, 0.717) is 5.82 Å². The molecule has 0 aliphatic heterocycles. The number of rotatable bonds is 1. The van der Waals surface area contributed by atoms with Crippen LogP contribution in [-0.4, -0.2) is 9.38 Å². The molecule has 0 saturated carbocycles. The van der Waals surface area contributed by atoms with Gasteiger partial charge in [-0.3, -0.25) is 4.40 Å². The fourth-order valence-electron chi connectivity index (χ4n) is 2.06. The predicted molar refractivity (Wildman–Crippen MR) is 93.8 cm³/mol. The van der Waals surface area contributed by atoms with Gasteiger partial charge < -0.3 is 11.5 Å². The minimum absolute atomic E-state index is 0.706. The summed E-state index contributed by atoms with van der Waals surface area (Å²) in [5.41, 5.74) is 14.1. The van der Waals surface area contributed by atoms with E-state index in [1.807, 2.05) is 76.6 Å². The van der Waals surface area contributed by atoms with Crippen LogP contribution in [0.1, 0.15) is 0 Å². The molecule has 0 atom stereocenters. The molecular formula is C17H16N4S. The second-order valence-corrected chi connectivity index (χ2v) is 5.55. The lowest BCUT2D eigenvalue weighted by atomic mass is 10.1. The fraction of sp³-hybridized carbons (Fsp3) is 0. The average molecular weight is 308 g/mol. The van der Waals surface area contributed by atoms with E-state index in [0.717, 1.165) is 21.9 Å². The molecule has 22 heavy (non-hydrogen) atoms. The monoisotopic (exact) mass is 308 g/mol. The predicted octanol–water partition coefficient (Wildman–Crippen LogP) is 3.91. The van der Waals surface area contributed by atoms with Crippen molar-refractivity contribution in [3.8, 4) is 11.3 Å². The first-order valence-electron chi connectivity index (χ1n) is 6.82. The van der Waals surface area contributed by atoms with Crippen molar-refractivity contribution >= 4 is 27.8 Å². The Morgan fingerprint density at radius 1 is 0.864 bits per heavy atom. The first-order valence-corrected chi connectivity index (χ1v) is 7.70. The minimum atomic E-state index is 0.706. The number of hydrogen-bond donors (Lipinski definition) is 2. The Hall–Kier alpha value is -2.79. The summed E-state index contributed by atoms with van der Waals surface area (Å²) in [7, 11) is 0. The van der Waals surface area contributed by atoms with Gasteiger partial charge in [0.25, 0.3) is 0 Å². The number of nitrogens with two attached hydrogens (primary N) is 2. The van der Waals surface area contributed by atoms with E-state index < -0.39 is 0 Å². The highest BCUT2D eigenvalue weighted by molar-refractivity contribution is 7.15. The molecule has 2 aromatic carbocycles. The molecular weight excluding hydrogens is 292 g/mol. The van der Waals surface area contributed by atoms with Crippen LogP contribution in [0.3, 0.4) is 0 Å². The van der Waals surface area contributed by atoms with Crippen molar-refractivity contribution in [1.82, 2.24) is 9.38 Å². The number of hydrogen-bond acceptors (Lipinski definition) is 4. The van der Waals surface area contributed by atoms with Crippen molar-refractivity contribution in [1.29, 1.82) is 0 Å². The maximum Gasteiger partial charge on any atom is 0.195 e. The molecule has 0 fully saturated rings. The summed E-state index contributed by atoms with van der Waals surface area (Å²) in [5, 5.41) is 1.98. The third kappa shape index (κ3) is 2.94. The van der Waals surface area contributed by atoms with Crippen LogP contribution in [0.4, 0.5) is 11.5 Å². The number of aromatic nitrogens is 2. The molecule has 0 amide bonds. The zero-order chi connectivity index (χ0) is 15.4. The Morgan fingerprint density at radius 3 is 2.05 bits per heavy atom. The van der Waals surface area contributed by atoms with Crippen LogP contribution < -0.4 is 11.5 Å². The number of para-hydroxylation sites is 1. The van der Waals surface area contributed by atoms with Crippen molar-refractivity contribution in [3.05, 3.63) is 72.2 Å². The van der Waals surface area contributed by atoms with Crippen molar-refractivity contribution in [2.24, 2.45) is 0 Å². The molecule has 4 N–H and O–H groups in total. The maximum absolute atomic E-state index is 6.02. The average Bonchev–Trinajstić information content (AvgIpc) is 3.13. The number of nitrogen functional groups attached to an aromatic ring is 2. The van der Waals surface area contributed by atoms with Gasteiger partial charge in [-0.15, -0.1) is 11.3 Å². The molecule has 2 aromatic heterocycles. The Kier molecular flexibility index (Phi) is 4.07. The molecule has 0 saturated heterocycles. The lowest BCUT2D eigenvalue weighted by Crippen LogP contribution is -1.91. The Balaban J connectivity index is 0.000000174. The molecule has 0 spiro atoms. The summed E-state index contributed by atoms with van der Waals surface area (Å²) in [5.74, 6) is 0.706.